The van der Waals surface area contributed by atoms with Crippen LogP contribution < -0.4 is 10.6 Å². The van der Waals surface area contributed by atoms with Crippen molar-refractivity contribution < 1.29 is 28.7 Å². The molecule has 3 aliphatic rings. The van der Waals surface area contributed by atoms with Crippen molar-refractivity contribution in [3.05, 3.63) is 101 Å². The summed E-state index contributed by atoms with van der Waals surface area (Å²) < 4.78 is 12.2. The lowest BCUT2D eigenvalue weighted by Gasteiger charge is -2.33. The van der Waals surface area contributed by atoms with Crippen LogP contribution in [0, 0.1) is 11.8 Å². The molecule has 0 saturated carbocycles. The van der Waals surface area contributed by atoms with Crippen molar-refractivity contribution in [3.63, 3.8) is 0 Å². The molecule has 1 aliphatic carbocycles. The zero-order valence-electron chi connectivity index (χ0n) is 34.7. The molecular formula is C47H50N6O6S2. The maximum Gasteiger partial charge on any atom is 0.407 e. The molecule has 12 nitrogen and oxygen atoms in total. The van der Waals surface area contributed by atoms with Crippen LogP contribution >= 0.6 is 22.7 Å². The van der Waals surface area contributed by atoms with E-state index in [-0.39, 0.29) is 29.8 Å². The van der Waals surface area contributed by atoms with Crippen LogP contribution in [0.5, 0.6) is 0 Å². The Balaban J connectivity index is 0.890. The number of hydrogen-bond donors (Lipinski definition) is 3. The standard InChI is InChI=1S/C47H50N6O6S2/c1-26(2)41(50-46(56)58-3)44(54)52-18-8-12-35(52)32-20-28-14-15-29(21-31(28)22-32)37-24-39-40(60-37)25-38(61-39)30-16-17-33-34(23-30)49-43(48-33)36-13-9-19-53(36)45(55)42(51-47(57)59-4)27-10-6-5-7-11-27/h5-7,10-11,14-17,21,23-26,32,35-36,41-42H,8-9,12-13,18-20,22H2,1-4H3,(H,48,49)(H,50,56)(H,51,57)/t32-,35?,36+,41-,42-/m1/s1. The molecule has 14 heteroatoms. The molecule has 4 amide bonds. The predicted octanol–water partition coefficient (Wildman–Crippen LogP) is 9.02. The van der Waals surface area contributed by atoms with Gasteiger partial charge in [0.2, 0.25) is 5.91 Å². The number of carbonyl (C=O) groups is 4. The Morgan fingerprint density at radius 3 is 2.13 bits per heavy atom. The Bertz CT molecular complexity index is 2590. The highest BCUT2D eigenvalue weighted by Gasteiger charge is 2.41. The normalized spacial score (nSPS) is 19.7. The van der Waals surface area contributed by atoms with Crippen LogP contribution in [0.2, 0.25) is 0 Å². The van der Waals surface area contributed by atoms with E-state index in [9.17, 15) is 19.2 Å². The smallest absolute Gasteiger partial charge is 0.407 e. The van der Waals surface area contributed by atoms with Crippen molar-refractivity contribution in [3.8, 4) is 20.9 Å². The van der Waals surface area contributed by atoms with Crippen molar-refractivity contribution in [2.45, 2.75) is 76.5 Å². The number of aromatic nitrogens is 2. The van der Waals surface area contributed by atoms with Gasteiger partial charge in [0.05, 0.1) is 31.3 Å². The number of amides is 4. The van der Waals surface area contributed by atoms with E-state index >= 15 is 0 Å². The first-order valence-electron chi connectivity index (χ1n) is 21.1. The first kappa shape index (κ1) is 40.7. The van der Waals surface area contributed by atoms with Gasteiger partial charge in [0, 0.05) is 38.3 Å². The summed E-state index contributed by atoms with van der Waals surface area (Å²) in [6.07, 6.45) is 4.20. The summed E-state index contributed by atoms with van der Waals surface area (Å²) in [4.78, 5) is 66.8. The topological polar surface area (TPSA) is 146 Å². The second kappa shape index (κ2) is 17.0. The third-order valence-electron chi connectivity index (χ3n) is 12.6. The number of ether oxygens (including phenoxy) is 2. The summed E-state index contributed by atoms with van der Waals surface area (Å²) in [5.74, 6) is 0.831. The van der Waals surface area contributed by atoms with E-state index in [0.717, 1.165) is 60.9 Å². The summed E-state index contributed by atoms with van der Waals surface area (Å²) in [6, 6.07) is 25.4. The molecule has 2 fully saturated rings. The number of likely N-dealkylation sites (tertiary alicyclic amines) is 2. The van der Waals surface area contributed by atoms with E-state index in [0.29, 0.717) is 24.6 Å². The molecule has 0 spiro atoms. The third-order valence-corrected chi connectivity index (χ3v) is 15.0. The highest BCUT2D eigenvalue weighted by Crippen LogP contribution is 2.44. The molecule has 9 rings (SSSR count). The minimum absolute atomic E-state index is 0.0131. The van der Waals surface area contributed by atoms with Crippen LogP contribution in [0.4, 0.5) is 9.59 Å². The van der Waals surface area contributed by atoms with Crippen molar-refractivity contribution in [1.82, 2.24) is 30.4 Å². The Hall–Kier alpha value is -5.73. The average Bonchev–Trinajstić information content (AvgIpc) is 4.13. The lowest BCUT2D eigenvalue weighted by Crippen LogP contribution is -2.53. The lowest BCUT2D eigenvalue weighted by molar-refractivity contribution is -0.136. The fourth-order valence-corrected chi connectivity index (χ4v) is 12.0. The number of benzene rings is 3. The summed E-state index contributed by atoms with van der Waals surface area (Å²) >= 11 is 3.59. The van der Waals surface area contributed by atoms with Crippen molar-refractivity contribution in [1.29, 1.82) is 0 Å². The monoisotopic (exact) mass is 858 g/mol. The minimum Gasteiger partial charge on any atom is -0.453 e. The number of thiophene rings is 2. The van der Waals surface area contributed by atoms with E-state index < -0.39 is 24.3 Å². The quantitative estimate of drug-likeness (QED) is 0.125. The molecule has 6 aromatic rings. The molecule has 0 radical (unpaired) electrons. The second-order valence-electron chi connectivity index (χ2n) is 16.7. The number of aromatic amines is 1. The number of rotatable bonds is 10. The van der Waals surface area contributed by atoms with Gasteiger partial charge in [-0.3, -0.25) is 9.59 Å². The number of methoxy groups -OCH3 is 2. The SMILES string of the molecule is COC(=O)N[C@@H](C(=O)N1CCC[C@H]1c1nc2ccc(-c3cc4sc(-c5ccc6c(c5)C[C@H](C5CCCN5C(=O)[C@H](NC(=O)OC)C(C)C)C6)cc4s3)cc2[nH]1)c1ccccc1. The fraction of sp³-hybridized carbons (Fsp3) is 0.383. The number of fused-ring (bicyclic) bond motifs is 3. The number of imidazole rings is 1. The Kier molecular flexibility index (Phi) is 11.3. The molecule has 5 atom stereocenters. The highest BCUT2D eigenvalue weighted by molar-refractivity contribution is 7.31. The van der Waals surface area contributed by atoms with Gasteiger partial charge in [0.25, 0.3) is 5.91 Å². The Morgan fingerprint density at radius 1 is 0.754 bits per heavy atom. The van der Waals surface area contributed by atoms with Gasteiger partial charge in [0.1, 0.15) is 17.9 Å². The van der Waals surface area contributed by atoms with Gasteiger partial charge >= 0.3 is 12.2 Å². The van der Waals surface area contributed by atoms with Crippen LogP contribution in [-0.2, 0) is 31.9 Å². The number of nitrogens with one attached hydrogen (secondary N) is 3. The van der Waals surface area contributed by atoms with Crippen LogP contribution in [0.25, 0.3) is 41.3 Å². The molecule has 1 unspecified atom stereocenters. The number of nitrogens with zero attached hydrogens (tertiary/aromatic N) is 3. The maximum absolute atomic E-state index is 14.0. The average molecular weight is 859 g/mol. The molecule has 5 heterocycles. The van der Waals surface area contributed by atoms with Crippen LogP contribution in [0.3, 0.4) is 0 Å². The van der Waals surface area contributed by atoms with Gasteiger partial charge in [0.15, 0.2) is 0 Å². The molecule has 2 aliphatic heterocycles. The van der Waals surface area contributed by atoms with Gasteiger partial charge in [-0.1, -0.05) is 68.4 Å². The Morgan fingerprint density at radius 2 is 1.41 bits per heavy atom. The first-order chi connectivity index (χ1) is 29.6. The molecular weight excluding hydrogens is 809 g/mol. The summed E-state index contributed by atoms with van der Waals surface area (Å²) in [7, 11) is 2.62. The van der Waals surface area contributed by atoms with Crippen LogP contribution in [0.1, 0.15) is 74.1 Å². The number of H-pyrrole nitrogens is 1. The van der Waals surface area contributed by atoms with Gasteiger partial charge in [-0.05, 0) is 102 Å². The highest BCUT2D eigenvalue weighted by atomic mass is 32.1. The maximum atomic E-state index is 14.0. The molecule has 3 N–H and O–H groups in total. The van der Waals surface area contributed by atoms with Crippen LogP contribution in [0.15, 0.2) is 78.9 Å². The summed E-state index contributed by atoms with van der Waals surface area (Å²) in [6.45, 7) is 5.19. The minimum atomic E-state index is -0.872. The largest absolute Gasteiger partial charge is 0.453 e. The van der Waals surface area contributed by atoms with E-state index in [1.807, 2.05) is 71.4 Å². The summed E-state index contributed by atoms with van der Waals surface area (Å²) in [5, 5.41) is 5.51. The third kappa shape index (κ3) is 7.98. The molecule has 316 valence electrons. The van der Waals surface area contributed by atoms with E-state index in [1.165, 1.54) is 50.1 Å². The van der Waals surface area contributed by atoms with Crippen molar-refractivity contribution >= 4 is 67.1 Å². The first-order valence-corrected chi connectivity index (χ1v) is 22.7. The lowest BCUT2D eigenvalue weighted by atomic mass is 9.93. The number of carbonyl (C=O) groups excluding carboxylic acids is 4. The van der Waals surface area contributed by atoms with Crippen molar-refractivity contribution in [2.75, 3.05) is 27.3 Å². The zero-order valence-corrected chi connectivity index (χ0v) is 36.4. The van der Waals surface area contributed by atoms with Gasteiger partial charge < -0.3 is 34.9 Å². The molecule has 0 bridgehead atoms. The number of hydrogen-bond acceptors (Lipinski definition) is 9. The molecule has 61 heavy (non-hydrogen) atoms. The van der Waals surface area contributed by atoms with E-state index in [2.05, 4.69) is 58.1 Å². The van der Waals surface area contributed by atoms with Crippen molar-refractivity contribution in [2.24, 2.45) is 11.8 Å². The van der Waals surface area contributed by atoms with E-state index in [1.54, 1.807) is 11.3 Å². The second-order valence-corrected chi connectivity index (χ2v) is 18.9. The molecule has 3 aromatic heterocycles. The molecule has 3 aromatic carbocycles. The van der Waals surface area contributed by atoms with Gasteiger partial charge in [-0.2, -0.15) is 0 Å². The predicted molar refractivity (Wildman–Crippen MR) is 238 cm³/mol. The van der Waals surface area contributed by atoms with Crippen LogP contribution in [-0.4, -0.2) is 83.2 Å². The van der Waals surface area contributed by atoms with E-state index in [4.69, 9.17) is 14.5 Å². The molecule has 2 saturated heterocycles. The fourth-order valence-electron chi connectivity index (χ4n) is 9.56. The van der Waals surface area contributed by atoms with Gasteiger partial charge in [-0.15, -0.1) is 22.7 Å². The zero-order chi connectivity index (χ0) is 42.4. The summed E-state index contributed by atoms with van der Waals surface area (Å²) in [5.41, 5.74) is 7.49. The Labute approximate surface area is 362 Å². The van der Waals surface area contributed by atoms with Gasteiger partial charge in [-0.25, -0.2) is 14.6 Å². The number of alkyl carbamates (subject to hydrolysis) is 2.